The fraction of sp³-hybridized carbons (Fsp3) is 0.889. The van der Waals surface area contributed by atoms with Crippen molar-refractivity contribution in [1.29, 1.82) is 0 Å². The maximum Gasteiger partial charge on any atom is -0.0205 e. The second-order valence-corrected chi connectivity index (χ2v) is 14.0. The molecule has 0 heteroatoms. The van der Waals surface area contributed by atoms with Gasteiger partial charge in [-0.15, -0.1) is 0 Å². The molecule has 9 atom stereocenters. The fourth-order valence-electron chi connectivity index (χ4n) is 7.76. The Balaban J connectivity index is 1.96. The van der Waals surface area contributed by atoms with Crippen LogP contribution in [0.5, 0.6) is 0 Å². The molecule has 0 amide bonds. The van der Waals surface area contributed by atoms with Crippen LogP contribution in [-0.4, -0.2) is 0 Å². The average Bonchev–Trinajstić information content (AvgIpc) is 2.95. The lowest BCUT2D eigenvalue weighted by Gasteiger charge is -2.35. The monoisotopic (exact) mass is 499 g/mol. The quantitative estimate of drug-likeness (QED) is 0.207. The molecule has 0 aromatic heterocycles. The summed E-state index contributed by atoms with van der Waals surface area (Å²) >= 11 is 0. The highest BCUT2D eigenvalue weighted by atomic mass is 14.4. The summed E-state index contributed by atoms with van der Waals surface area (Å²) in [6.45, 7) is 19.9. The Morgan fingerprint density at radius 3 is 2.28 bits per heavy atom. The summed E-state index contributed by atoms with van der Waals surface area (Å²) < 4.78 is 0. The van der Waals surface area contributed by atoms with E-state index in [4.69, 9.17) is 0 Å². The second kappa shape index (κ2) is 17.1. The number of unbranched alkanes of at least 4 members (excludes halogenated alkanes) is 1. The van der Waals surface area contributed by atoms with Gasteiger partial charge in [0.15, 0.2) is 0 Å². The molecule has 2 bridgehead atoms. The molecule has 0 aromatic rings. The molecule has 0 aromatic carbocycles. The van der Waals surface area contributed by atoms with Crippen molar-refractivity contribution in [3.63, 3.8) is 0 Å². The summed E-state index contributed by atoms with van der Waals surface area (Å²) in [7, 11) is 0. The van der Waals surface area contributed by atoms with Gasteiger partial charge in [0.2, 0.25) is 0 Å². The summed E-state index contributed by atoms with van der Waals surface area (Å²) in [5.41, 5.74) is 0. The zero-order valence-corrected chi connectivity index (χ0v) is 26.0. The molecule has 0 aliphatic heterocycles. The first-order valence-electron chi connectivity index (χ1n) is 16.6. The van der Waals surface area contributed by atoms with Crippen molar-refractivity contribution < 1.29 is 0 Å². The van der Waals surface area contributed by atoms with Crippen molar-refractivity contribution in [2.45, 2.75) is 145 Å². The number of rotatable bonds is 10. The molecule has 0 radical (unpaired) electrons. The van der Waals surface area contributed by atoms with E-state index in [1.54, 1.807) is 0 Å². The molecule has 2 aliphatic carbocycles. The molecule has 2 aliphatic rings. The van der Waals surface area contributed by atoms with E-state index in [1.165, 1.54) is 89.9 Å². The summed E-state index contributed by atoms with van der Waals surface area (Å²) in [4.78, 5) is 0. The van der Waals surface area contributed by atoms with E-state index in [0.717, 1.165) is 59.2 Å². The van der Waals surface area contributed by atoms with Crippen LogP contribution < -0.4 is 0 Å². The van der Waals surface area contributed by atoms with Crippen molar-refractivity contribution in [3.8, 4) is 0 Å². The van der Waals surface area contributed by atoms with Crippen LogP contribution in [0, 0.1) is 59.2 Å². The van der Waals surface area contributed by atoms with Crippen molar-refractivity contribution in [2.24, 2.45) is 59.2 Å². The Bertz CT molecular complexity index is 612. The van der Waals surface area contributed by atoms with E-state index in [9.17, 15) is 0 Å². The van der Waals surface area contributed by atoms with E-state index < -0.39 is 0 Å². The van der Waals surface area contributed by atoms with Crippen LogP contribution in [0.3, 0.4) is 0 Å². The molecule has 2 rings (SSSR count). The van der Waals surface area contributed by atoms with Gasteiger partial charge >= 0.3 is 0 Å². The molecule has 210 valence electrons. The van der Waals surface area contributed by atoms with E-state index in [2.05, 4.69) is 79.7 Å². The molecule has 0 N–H and O–H groups in total. The minimum Gasteiger partial charge on any atom is -0.0885 e. The summed E-state index contributed by atoms with van der Waals surface area (Å²) in [6, 6.07) is 0. The van der Waals surface area contributed by atoms with Crippen LogP contribution >= 0.6 is 0 Å². The van der Waals surface area contributed by atoms with Crippen LogP contribution in [0.25, 0.3) is 0 Å². The molecule has 0 saturated carbocycles. The smallest absolute Gasteiger partial charge is 0.0205 e. The summed E-state index contributed by atoms with van der Waals surface area (Å²) in [5, 5.41) is 0. The SMILES string of the molecule is CCC1CC=CCCCCCC2C(C)C(CCCCC(C)C(C)C(C)CC(C)C)C=CC(CC1)C2C. The van der Waals surface area contributed by atoms with Crippen LogP contribution in [0.1, 0.15) is 145 Å². The molecule has 36 heavy (non-hydrogen) atoms. The first-order valence-corrected chi connectivity index (χ1v) is 16.6. The lowest BCUT2D eigenvalue weighted by atomic mass is 9.70. The molecule has 9 unspecified atom stereocenters. The maximum absolute atomic E-state index is 2.71. The van der Waals surface area contributed by atoms with Gasteiger partial charge in [-0.25, -0.2) is 0 Å². The average molecular weight is 499 g/mol. The van der Waals surface area contributed by atoms with Crippen molar-refractivity contribution in [3.05, 3.63) is 24.3 Å². The van der Waals surface area contributed by atoms with E-state index >= 15 is 0 Å². The Morgan fingerprint density at radius 2 is 1.56 bits per heavy atom. The van der Waals surface area contributed by atoms with E-state index in [1.807, 2.05) is 0 Å². The first-order chi connectivity index (χ1) is 17.2. The van der Waals surface area contributed by atoms with Gasteiger partial charge in [-0.3, -0.25) is 0 Å². The van der Waals surface area contributed by atoms with Gasteiger partial charge in [-0.1, -0.05) is 118 Å². The topological polar surface area (TPSA) is 0 Å². The maximum atomic E-state index is 2.71. The van der Waals surface area contributed by atoms with Crippen molar-refractivity contribution in [2.75, 3.05) is 0 Å². The standard InChI is InChI=1S/C36H66/c1-9-33-19-14-12-10-11-13-15-21-36-31(7)34(24-25-35(23-22-33)32(36)8)20-17-16-18-28(4)30(6)29(5)26-27(2)3/h12,14,24-25,27-36H,9-11,13,15-23,26H2,1-8H3. The van der Waals surface area contributed by atoms with Crippen LogP contribution in [0.2, 0.25) is 0 Å². The molecule has 0 saturated heterocycles. The predicted octanol–water partition coefficient (Wildman–Crippen LogP) is 11.9. The molecule has 0 heterocycles. The highest BCUT2D eigenvalue weighted by molar-refractivity contribution is 5.03. The van der Waals surface area contributed by atoms with Gasteiger partial charge in [0, 0.05) is 0 Å². The van der Waals surface area contributed by atoms with Crippen LogP contribution in [0.15, 0.2) is 24.3 Å². The lowest BCUT2D eigenvalue weighted by Crippen LogP contribution is -2.27. The van der Waals surface area contributed by atoms with Crippen molar-refractivity contribution in [1.82, 2.24) is 0 Å². The van der Waals surface area contributed by atoms with E-state index in [0.29, 0.717) is 0 Å². The molecular weight excluding hydrogens is 432 g/mol. The molecular formula is C36H66. The highest BCUT2D eigenvalue weighted by Gasteiger charge is 2.34. The normalized spacial score (nSPS) is 33.0. The minimum absolute atomic E-state index is 0.798. The predicted molar refractivity (Wildman–Crippen MR) is 163 cm³/mol. The Labute approximate surface area is 228 Å². The zero-order chi connectivity index (χ0) is 26.5. The van der Waals surface area contributed by atoms with Gasteiger partial charge in [0.25, 0.3) is 0 Å². The third kappa shape index (κ3) is 10.7. The van der Waals surface area contributed by atoms with Gasteiger partial charge < -0.3 is 0 Å². The van der Waals surface area contributed by atoms with Gasteiger partial charge in [0.1, 0.15) is 0 Å². The number of hydrogen-bond donors (Lipinski definition) is 0. The summed E-state index contributed by atoms with van der Waals surface area (Å²) in [5.74, 6) is 8.48. The number of hydrogen-bond acceptors (Lipinski definition) is 0. The number of fused-ring (bicyclic) bond motifs is 2. The highest BCUT2D eigenvalue weighted by Crippen LogP contribution is 2.43. The van der Waals surface area contributed by atoms with Gasteiger partial charge in [0.05, 0.1) is 0 Å². The number of allylic oxidation sites excluding steroid dienone is 4. The van der Waals surface area contributed by atoms with E-state index in [-0.39, 0.29) is 0 Å². The zero-order valence-electron chi connectivity index (χ0n) is 26.0. The second-order valence-electron chi connectivity index (χ2n) is 14.0. The molecule has 0 fully saturated rings. The third-order valence-electron chi connectivity index (χ3n) is 10.9. The van der Waals surface area contributed by atoms with Crippen LogP contribution in [0.4, 0.5) is 0 Å². The summed E-state index contributed by atoms with van der Waals surface area (Å²) in [6.07, 6.45) is 29.9. The molecule has 0 nitrogen and oxygen atoms in total. The van der Waals surface area contributed by atoms with Crippen LogP contribution in [-0.2, 0) is 0 Å². The fourth-order valence-corrected chi connectivity index (χ4v) is 7.76. The van der Waals surface area contributed by atoms with Crippen molar-refractivity contribution >= 4 is 0 Å². The van der Waals surface area contributed by atoms with Gasteiger partial charge in [-0.2, -0.15) is 0 Å². The Kier molecular flexibility index (Phi) is 15.1. The van der Waals surface area contributed by atoms with Gasteiger partial charge in [-0.05, 0) is 111 Å². The lowest BCUT2D eigenvalue weighted by molar-refractivity contribution is 0.157. The third-order valence-corrected chi connectivity index (χ3v) is 10.9. The Hall–Kier alpha value is -0.520. The minimum atomic E-state index is 0.798. The molecule has 0 spiro atoms. The first kappa shape index (κ1) is 31.7. The largest absolute Gasteiger partial charge is 0.0885 e. The Morgan fingerprint density at radius 1 is 0.778 bits per heavy atom.